The SMILES string of the molecule is CCCCCCCCC(C#N)C(=O)[O-]. The molecule has 0 saturated carbocycles. The van der Waals surface area contributed by atoms with Crippen LogP contribution in [0.5, 0.6) is 0 Å². The van der Waals surface area contributed by atoms with E-state index in [1.54, 1.807) is 6.07 Å². The van der Waals surface area contributed by atoms with Crippen molar-refractivity contribution in [3.63, 3.8) is 0 Å². The van der Waals surface area contributed by atoms with E-state index in [0.29, 0.717) is 6.42 Å². The average Bonchev–Trinajstić information content (AvgIpc) is 2.16. The monoisotopic (exact) mass is 196 g/mol. The predicted octanol–water partition coefficient (Wildman–Crippen LogP) is 1.63. The molecular formula is C11H18NO2-. The van der Waals surface area contributed by atoms with Crippen LogP contribution in [-0.4, -0.2) is 5.97 Å². The number of carboxylic acid groups (broad SMARTS) is 1. The summed E-state index contributed by atoms with van der Waals surface area (Å²) in [4.78, 5) is 10.4. The minimum absolute atomic E-state index is 0.435. The van der Waals surface area contributed by atoms with E-state index in [0.717, 1.165) is 19.3 Å². The molecule has 0 saturated heterocycles. The minimum atomic E-state index is -1.24. The molecule has 3 heteroatoms. The Morgan fingerprint density at radius 3 is 2.36 bits per heavy atom. The van der Waals surface area contributed by atoms with E-state index >= 15 is 0 Å². The maximum Gasteiger partial charge on any atom is 0.0858 e. The van der Waals surface area contributed by atoms with Crippen LogP contribution < -0.4 is 5.11 Å². The largest absolute Gasteiger partial charge is 0.549 e. The lowest BCUT2D eigenvalue weighted by molar-refractivity contribution is -0.309. The number of nitriles is 1. The van der Waals surface area contributed by atoms with Gasteiger partial charge in [-0.15, -0.1) is 0 Å². The number of nitrogens with zero attached hydrogens (tertiary/aromatic N) is 1. The molecule has 0 aromatic rings. The number of hydrogen-bond acceptors (Lipinski definition) is 3. The topological polar surface area (TPSA) is 63.9 Å². The Balaban J connectivity index is 3.35. The second kappa shape index (κ2) is 8.55. The maximum atomic E-state index is 10.4. The van der Waals surface area contributed by atoms with Gasteiger partial charge in [0, 0.05) is 0 Å². The van der Waals surface area contributed by atoms with Crippen molar-refractivity contribution < 1.29 is 9.90 Å². The second-order valence-corrected chi connectivity index (χ2v) is 3.56. The van der Waals surface area contributed by atoms with Crippen LogP contribution >= 0.6 is 0 Å². The van der Waals surface area contributed by atoms with Gasteiger partial charge in [-0.1, -0.05) is 45.4 Å². The second-order valence-electron chi connectivity index (χ2n) is 3.56. The van der Waals surface area contributed by atoms with E-state index in [2.05, 4.69) is 6.92 Å². The Morgan fingerprint density at radius 1 is 1.29 bits per heavy atom. The molecule has 0 aliphatic carbocycles. The fourth-order valence-corrected chi connectivity index (χ4v) is 1.36. The molecule has 0 aliphatic heterocycles. The van der Waals surface area contributed by atoms with Crippen LogP contribution in [0.15, 0.2) is 0 Å². The van der Waals surface area contributed by atoms with E-state index < -0.39 is 11.9 Å². The molecular weight excluding hydrogens is 178 g/mol. The summed E-state index contributed by atoms with van der Waals surface area (Å²) in [5, 5.41) is 18.8. The highest BCUT2D eigenvalue weighted by Crippen LogP contribution is 2.11. The number of unbranched alkanes of at least 4 members (excludes halogenated alkanes) is 5. The van der Waals surface area contributed by atoms with Gasteiger partial charge in [0.1, 0.15) is 0 Å². The van der Waals surface area contributed by atoms with Crippen molar-refractivity contribution >= 4 is 5.97 Å². The van der Waals surface area contributed by atoms with Crippen molar-refractivity contribution in [3.8, 4) is 6.07 Å². The van der Waals surface area contributed by atoms with Gasteiger partial charge in [-0.05, 0) is 6.42 Å². The zero-order valence-electron chi connectivity index (χ0n) is 8.79. The molecule has 0 bridgehead atoms. The standard InChI is InChI=1S/C11H19NO2/c1-2-3-4-5-6-7-8-10(9-12)11(13)14/h10H,2-8H2,1H3,(H,13,14)/p-1. The zero-order chi connectivity index (χ0) is 10.8. The lowest BCUT2D eigenvalue weighted by Crippen LogP contribution is -2.30. The van der Waals surface area contributed by atoms with Gasteiger partial charge in [0.2, 0.25) is 0 Å². The van der Waals surface area contributed by atoms with Crippen molar-refractivity contribution in [3.05, 3.63) is 0 Å². The summed E-state index contributed by atoms with van der Waals surface area (Å²) in [6.07, 6.45) is 7.06. The third-order valence-electron chi connectivity index (χ3n) is 2.29. The lowest BCUT2D eigenvalue weighted by atomic mass is 10.0. The first-order valence-electron chi connectivity index (χ1n) is 5.32. The van der Waals surface area contributed by atoms with E-state index in [1.165, 1.54) is 19.3 Å². The van der Waals surface area contributed by atoms with Gasteiger partial charge in [0.25, 0.3) is 0 Å². The number of aliphatic carboxylic acids is 1. The molecule has 0 aromatic heterocycles. The van der Waals surface area contributed by atoms with Gasteiger partial charge < -0.3 is 9.90 Å². The van der Waals surface area contributed by atoms with E-state index in [4.69, 9.17) is 5.26 Å². The molecule has 0 spiro atoms. The van der Waals surface area contributed by atoms with Gasteiger partial charge in [-0.2, -0.15) is 5.26 Å². The van der Waals surface area contributed by atoms with Crippen LogP contribution in [0.1, 0.15) is 51.9 Å². The summed E-state index contributed by atoms with van der Waals surface area (Å²) < 4.78 is 0. The highest BCUT2D eigenvalue weighted by molar-refractivity contribution is 5.70. The van der Waals surface area contributed by atoms with Gasteiger partial charge in [-0.3, -0.25) is 0 Å². The summed E-state index contributed by atoms with van der Waals surface area (Å²) in [5.74, 6) is -2.15. The quantitative estimate of drug-likeness (QED) is 0.554. The highest BCUT2D eigenvalue weighted by Gasteiger charge is 2.06. The normalized spacial score (nSPS) is 12.0. The van der Waals surface area contributed by atoms with Gasteiger partial charge >= 0.3 is 0 Å². The van der Waals surface area contributed by atoms with Crippen LogP contribution in [-0.2, 0) is 4.79 Å². The van der Waals surface area contributed by atoms with Crippen molar-refractivity contribution in [2.45, 2.75) is 51.9 Å². The summed E-state index contributed by atoms with van der Waals surface area (Å²) >= 11 is 0. The molecule has 0 aliphatic rings. The van der Waals surface area contributed by atoms with Crippen LogP contribution in [0.25, 0.3) is 0 Å². The first kappa shape index (κ1) is 13.0. The fourth-order valence-electron chi connectivity index (χ4n) is 1.36. The Kier molecular flexibility index (Phi) is 7.92. The van der Waals surface area contributed by atoms with Gasteiger partial charge in [-0.25, -0.2) is 0 Å². The summed E-state index contributed by atoms with van der Waals surface area (Å²) in [5.41, 5.74) is 0. The number of rotatable bonds is 8. The first-order valence-corrected chi connectivity index (χ1v) is 5.32. The number of carbonyl (C=O) groups excluding carboxylic acids is 1. The van der Waals surface area contributed by atoms with Crippen molar-refractivity contribution in [1.82, 2.24) is 0 Å². The Labute approximate surface area is 85.7 Å². The van der Waals surface area contributed by atoms with Crippen LogP contribution in [0, 0.1) is 17.2 Å². The maximum absolute atomic E-state index is 10.4. The van der Waals surface area contributed by atoms with E-state index in [-0.39, 0.29) is 0 Å². The molecule has 0 radical (unpaired) electrons. The molecule has 1 atom stereocenters. The zero-order valence-corrected chi connectivity index (χ0v) is 8.79. The molecule has 0 rings (SSSR count). The first-order chi connectivity index (χ1) is 6.72. The Hall–Kier alpha value is -1.04. The molecule has 3 nitrogen and oxygen atoms in total. The fraction of sp³-hybridized carbons (Fsp3) is 0.818. The van der Waals surface area contributed by atoms with Crippen LogP contribution in [0.3, 0.4) is 0 Å². The minimum Gasteiger partial charge on any atom is -0.549 e. The summed E-state index contributed by atoms with van der Waals surface area (Å²) in [6, 6.07) is 1.74. The molecule has 80 valence electrons. The molecule has 14 heavy (non-hydrogen) atoms. The van der Waals surface area contributed by atoms with E-state index in [1.807, 2.05) is 0 Å². The summed E-state index contributed by atoms with van der Waals surface area (Å²) in [7, 11) is 0. The van der Waals surface area contributed by atoms with Crippen LogP contribution in [0.4, 0.5) is 0 Å². The van der Waals surface area contributed by atoms with Gasteiger partial charge in [0.15, 0.2) is 0 Å². The molecule has 0 aromatic carbocycles. The molecule has 0 N–H and O–H groups in total. The number of carboxylic acids is 1. The smallest absolute Gasteiger partial charge is 0.0858 e. The lowest BCUT2D eigenvalue weighted by Gasteiger charge is -2.08. The third kappa shape index (κ3) is 6.47. The molecule has 0 amide bonds. The van der Waals surface area contributed by atoms with Gasteiger partial charge in [0.05, 0.1) is 18.0 Å². The third-order valence-corrected chi connectivity index (χ3v) is 2.29. The van der Waals surface area contributed by atoms with E-state index in [9.17, 15) is 9.90 Å². The molecule has 0 fully saturated rings. The molecule has 0 heterocycles. The number of hydrogen-bond donors (Lipinski definition) is 0. The highest BCUT2D eigenvalue weighted by atomic mass is 16.4. The van der Waals surface area contributed by atoms with Crippen molar-refractivity contribution in [1.29, 1.82) is 5.26 Å². The molecule has 1 unspecified atom stereocenters. The summed E-state index contributed by atoms with van der Waals surface area (Å²) in [6.45, 7) is 2.15. The Bertz CT molecular complexity index is 196. The average molecular weight is 196 g/mol. The predicted molar refractivity (Wildman–Crippen MR) is 52.1 cm³/mol. The number of carbonyl (C=O) groups is 1. The Morgan fingerprint density at radius 2 is 1.86 bits per heavy atom. The van der Waals surface area contributed by atoms with Crippen molar-refractivity contribution in [2.75, 3.05) is 0 Å². The van der Waals surface area contributed by atoms with Crippen LogP contribution in [0.2, 0.25) is 0 Å². The van der Waals surface area contributed by atoms with Crippen molar-refractivity contribution in [2.24, 2.45) is 5.92 Å².